The van der Waals surface area contributed by atoms with Gasteiger partial charge in [-0.05, 0) is 6.07 Å². The van der Waals surface area contributed by atoms with Gasteiger partial charge in [-0.25, -0.2) is 9.63 Å². The molecule has 1 aliphatic heterocycles. The van der Waals surface area contributed by atoms with E-state index in [1.807, 2.05) is 4.90 Å². The Morgan fingerprint density at radius 1 is 1.33 bits per heavy atom. The van der Waals surface area contributed by atoms with Crippen molar-refractivity contribution in [2.24, 2.45) is 0 Å². The fourth-order valence-electron chi connectivity index (χ4n) is 1.75. The molecule has 0 amide bonds. The van der Waals surface area contributed by atoms with E-state index in [-0.39, 0.29) is 0 Å². The molecule has 2 N–H and O–H groups in total. The largest absolute Gasteiger partial charge is 0.711 e. The molecule has 4 nitrogen and oxygen atoms in total. The lowest BCUT2D eigenvalue weighted by molar-refractivity contribution is -0.657. The van der Waals surface area contributed by atoms with Crippen molar-refractivity contribution in [3.05, 3.63) is 27.5 Å². The van der Waals surface area contributed by atoms with Crippen LogP contribution >= 0.6 is 23.2 Å². The van der Waals surface area contributed by atoms with Crippen LogP contribution in [0.25, 0.3) is 0 Å². The smallest absolute Gasteiger partial charge is 0.299 e. The van der Waals surface area contributed by atoms with Crippen molar-refractivity contribution >= 4 is 29.0 Å². The zero-order valence-electron chi connectivity index (χ0n) is 8.12. The van der Waals surface area contributed by atoms with Gasteiger partial charge in [-0.2, -0.15) is 0 Å². The van der Waals surface area contributed by atoms with Gasteiger partial charge in [0.05, 0.1) is 5.02 Å². The highest BCUT2D eigenvalue weighted by Crippen LogP contribution is 2.24. The lowest BCUT2D eigenvalue weighted by Crippen LogP contribution is -2.90. The monoisotopic (exact) mass is 248 g/mol. The minimum atomic E-state index is 0.363. The molecule has 1 saturated heterocycles. The number of aromatic nitrogens is 1. The van der Waals surface area contributed by atoms with Crippen LogP contribution in [0.3, 0.4) is 0 Å². The van der Waals surface area contributed by atoms with Crippen LogP contribution in [-0.4, -0.2) is 26.2 Å². The molecule has 0 aliphatic carbocycles. The molecule has 0 bridgehead atoms. The number of anilines is 1. The van der Waals surface area contributed by atoms with Crippen molar-refractivity contribution in [1.82, 2.24) is 0 Å². The summed E-state index contributed by atoms with van der Waals surface area (Å²) in [6.07, 6.45) is 1.33. The van der Waals surface area contributed by atoms with E-state index in [4.69, 9.17) is 23.2 Å². The molecular formula is C9H12Cl2N3O+. The van der Waals surface area contributed by atoms with Gasteiger partial charge >= 0.3 is 0 Å². The average molecular weight is 249 g/mol. The second-order valence-electron chi connectivity index (χ2n) is 3.51. The maximum absolute atomic E-state index is 11.7. The fraction of sp³-hybridized carbons (Fsp3) is 0.444. The van der Waals surface area contributed by atoms with E-state index < -0.39 is 0 Å². The molecule has 0 saturated carbocycles. The first-order valence-electron chi connectivity index (χ1n) is 4.83. The van der Waals surface area contributed by atoms with Gasteiger partial charge in [-0.3, -0.25) is 0 Å². The van der Waals surface area contributed by atoms with Crippen LogP contribution in [0.1, 0.15) is 0 Å². The number of halogens is 2. The summed E-state index contributed by atoms with van der Waals surface area (Å²) in [7, 11) is 0. The van der Waals surface area contributed by atoms with Crippen molar-refractivity contribution in [2.75, 3.05) is 31.1 Å². The van der Waals surface area contributed by atoms with Crippen LogP contribution in [0.4, 0.5) is 5.82 Å². The third kappa shape index (κ3) is 2.27. The molecule has 0 atom stereocenters. The summed E-state index contributed by atoms with van der Waals surface area (Å²) >= 11 is 11.7. The molecule has 2 heterocycles. The van der Waals surface area contributed by atoms with E-state index in [0.29, 0.717) is 15.9 Å². The molecule has 1 aromatic heterocycles. The second-order valence-corrected chi connectivity index (χ2v) is 4.35. The average Bonchev–Trinajstić information content (AvgIpc) is 2.17. The van der Waals surface area contributed by atoms with Gasteiger partial charge in [0.1, 0.15) is 37.4 Å². The van der Waals surface area contributed by atoms with Crippen LogP contribution in [0.5, 0.6) is 0 Å². The van der Waals surface area contributed by atoms with Gasteiger partial charge in [-0.15, -0.1) is 0 Å². The van der Waals surface area contributed by atoms with Crippen LogP contribution in [0.2, 0.25) is 10.0 Å². The van der Waals surface area contributed by atoms with E-state index in [2.05, 4.69) is 5.32 Å². The van der Waals surface area contributed by atoms with Gasteiger partial charge in [0.2, 0.25) is 0 Å². The number of nitrogens with two attached hydrogens (primary N) is 1. The predicted octanol–water partition coefficient (Wildman–Crippen LogP) is 0.0102. The number of hydrogen-bond acceptors (Lipinski definition) is 2. The Kier molecular flexibility index (Phi) is 3.19. The third-order valence-electron chi connectivity index (χ3n) is 2.43. The number of pyridine rings is 1. The standard InChI is InChI=1S/C9H11Cl2N3O/c10-7-5-8(11)9(14(15)6-7)13-3-1-12-2-4-13/h5-6,12H,1-4H2/p+1. The summed E-state index contributed by atoms with van der Waals surface area (Å²) < 4.78 is 0.746. The molecule has 0 aromatic carbocycles. The molecule has 0 unspecified atom stereocenters. The number of rotatable bonds is 1. The Hall–Kier alpha value is -0.710. The minimum Gasteiger partial charge on any atom is -0.711 e. The highest BCUT2D eigenvalue weighted by molar-refractivity contribution is 6.35. The lowest BCUT2D eigenvalue weighted by atomic mass is 10.3. The number of hydrogen-bond donors (Lipinski definition) is 1. The summed E-state index contributed by atoms with van der Waals surface area (Å²) in [5, 5.41) is 14.7. The SMILES string of the molecule is [O-][n+]1cc(Cl)cc(Cl)c1N1CC[NH2+]CC1. The zero-order chi connectivity index (χ0) is 10.8. The van der Waals surface area contributed by atoms with Crippen LogP contribution in [0, 0.1) is 5.21 Å². The summed E-state index contributed by atoms with van der Waals surface area (Å²) in [6.45, 7) is 3.64. The quantitative estimate of drug-likeness (QED) is 0.563. The summed E-state index contributed by atoms with van der Waals surface area (Å²) in [4.78, 5) is 1.99. The van der Waals surface area contributed by atoms with Crippen molar-refractivity contribution in [1.29, 1.82) is 0 Å². The Balaban J connectivity index is 2.33. The molecule has 0 radical (unpaired) electrons. The van der Waals surface area contributed by atoms with Crippen LogP contribution < -0.4 is 14.9 Å². The van der Waals surface area contributed by atoms with E-state index >= 15 is 0 Å². The van der Waals surface area contributed by atoms with Crippen LogP contribution in [-0.2, 0) is 0 Å². The van der Waals surface area contributed by atoms with Crippen molar-refractivity contribution in [2.45, 2.75) is 0 Å². The molecule has 1 aromatic rings. The van der Waals surface area contributed by atoms with Crippen molar-refractivity contribution < 1.29 is 10.0 Å². The summed E-state index contributed by atoms with van der Waals surface area (Å²) in [6, 6.07) is 1.60. The molecule has 0 spiro atoms. The van der Waals surface area contributed by atoms with Crippen molar-refractivity contribution in [3.63, 3.8) is 0 Å². The first kappa shape index (κ1) is 10.8. The number of piperazine rings is 1. The molecule has 6 heteroatoms. The van der Waals surface area contributed by atoms with E-state index in [9.17, 15) is 5.21 Å². The molecule has 15 heavy (non-hydrogen) atoms. The first-order chi connectivity index (χ1) is 7.18. The Labute approximate surface area is 98.0 Å². The van der Waals surface area contributed by atoms with Crippen LogP contribution in [0.15, 0.2) is 12.3 Å². The summed E-state index contributed by atoms with van der Waals surface area (Å²) in [5.41, 5.74) is 0. The summed E-state index contributed by atoms with van der Waals surface area (Å²) in [5.74, 6) is 0.508. The fourth-order valence-corrected chi connectivity index (χ4v) is 2.33. The lowest BCUT2D eigenvalue weighted by Gasteiger charge is -2.23. The maximum atomic E-state index is 11.7. The Morgan fingerprint density at radius 3 is 2.60 bits per heavy atom. The normalized spacial score (nSPS) is 16.8. The number of quaternary nitrogens is 1. The van der Waals surface area contributed by atoms with E-state index in [1.54, 1.807) is 6.07 Å². The number of nitrogens with zero attached hydrogens (tertiary/aromatic N) is 2. The predicted molar refractivity (Wildman–Crippen MR) is 59.3 cm³/mol. The van der Waals surface area contributed by atoms with Gasteiger partial charge in [0, 0.05) is 0 Å². The highest BCUT2D eigenvalue weighted by atomic mass is 35.5. The Morgan fingerprint density at radius 2 is 2.00 bits per heavy atom. The first-order valence-corrected chi connectivity index (χ1v) is 5.59. The Bertz CT molecular complexity index is 343. The topological polar surface area (TPSA) is 46.8 Å². The van der Waals surface area contributed by atoms with Gasteiger partial charge in [0.15, 0.2) is 0 Å². The maximum Gasteiger partial charge on any atom is 0.299 e. The van der Waals surface area contributed by atoms with Crippen molar-refractivity contribution in [3.8, 4) is 0 Å². The molecule has 2 rings (SSSR count). The second kappa shape index (κ2) is 4.43. The van der Waals surface area contributed by atoms with Gasteiger partial charge in [0.25, 0.3) is 5.82 Å². The van der Waals surface area contributed by atoms with E-state index in [1.165, 1.54) is 6.20 Å². The van der Waals surface area contributed by atoms with Gasteiger partial charge in [-0.1, -0.05) is 23.2 Å². The molecule has 1 aliphatic rings. The molecule has 82 valence electrons. The molecular weight excluding hydrogens is 237 g/mol. The zero-order valence-corrected chi connectivity index (χ0v) is 9.63. The third-order valence-corrected chi connectivity index (χ3v) is 2.92. The van der Waals surface area contributed by atoms with Gasteiger partial charge < -0.3 is 10.5 Å². The molecule has 1 fully saturated rings. The highest BCUT2D eigenvalue weighted by Gasteiger charge is 2.25. The minimum absolute atomic E-state index is 0.363. The van der Waals surface area contributed by atoms with E-state index in [0.717, 1.165) is 30.9 Å².